The Hall–Kier alpha value is -1.97. The lowest BCUT2D eigenvalue weighted by molar-refractivity contribution is -0.119. The molecule has 3 N–H and O–H groups in total. The molecule has 0 spiro atoms. The Bertz CT molecular complexity index is 853. The fraction of sp³-hybridized carbons (Fsp3) is 0.619. The van der Waals surface area contributed by atoms with Crippen LogP contribution in [-0.4, -0.2) is 68.2 Å². The maximum absolute atomic E-state index is 13.0. The number of benzene rings is 1. The number of amides is 2. The Morgan fingerprint density at radius 1 is 1.07 bits per heavy atom. The number of nitrogens with one attached hydrogen (secondary N) is 1. The van der Waals surface area contributed by atoms with Crippen LogP contribution in [0.2, 0.25) is 0 Å². The van der Waals surface area contributed by atoms with Gasteiger partial charge in [-0.1, -0.05) is 13.8 Å². The topological polar surface area (TPSA) is 113 Å². The van der Waals surface area contributed by atoms with Crippen LogP contribution in [0, 0.1) is 11.8 Å². The van der Waals surface area contributed by atoms with Crippen molar-refractivity contribution >= 4 is 21.8 Å². The average Bonchev–Trinajstić information content (AvgIpc) is 2.68. The first-order chi connectivity index (χ1) is 14.1. The lowest BCUT2D eigenvalue weighted by Gasteiger charge is -2.34. The maximum atomic E-state index is 13.0. The van der Waals surface area contributed by atoms with Crippen LogP contribution in [0.5, 0.6) is 0 Å². The van der Waals surface area contributed by atoms with Gasteiger partial charge >= 0.3 is 0 Å². The van der Waals surface area contributed by atoms with Crippen molar-refractivity contribution in [2.24, 2.45) is 17.6 Å². The van der Waals surface area contributed by atoms with Gasteiger partial charge in [0.15, 0.2) is 0 Å². The van der Waals surface area contributed by atoms with Gasteiger partial charge in [-0.2, -0.15) is 4.31 Å². The number of hydrogen-bond donors (Lipinski definition) is 2. The van der Waals surface area contributed by atoms with E-state index in [2.05, 4.69) is 19.2 Å². The van der Waals surface area contributed by atoms with Crippen LogP contribution in [0.4, 0.5) is 0 Å². The molecule has 2 fully saturated rings. The quantitative estimate of drug-likeness (QED) is 0.692. The number of piperidine rings is 2. The highest BCUT2D eigenvalue weighted by atomic mass is 32.2. The third-order valence-electron chi connectivity index (χ3n) is 5.89. The smallest absolute Gasteiger partial charge is 0.251 e. The molecular formula is C21H32N4O4S. The Morgan fingerprint density at radius 3 is 2.17 bits per heavy atom. The molecule has 0 bridgehead atoms. The maximum Gasteiger partial charge on any atom is 0.251 e. The summed E-state index contributed by atoms with van der Waals surface area (Å²) in [6, 6.07) is 6.21. The van der Waals surface area contributed by atoms with Crippen molar-refractivity contribution in [3.8, 4) is 0 Å². The van der Waals surface area contributed by atoms with E-state index in [4.69, 9.17) is 5.73 Å². The number of sulfonamides is 1. The standard InChI is InChI=1S/C21H32N4O4S/c1-15-11-16(2)13-25(12-15)30(28,29)19-5-3-17(4-6-19)21(27)23-18-7-9-24(10-8-18)14-20(22)26/h3-6,15-16,18H,7-14H2,1-2H3,(H2,22,26)(H,23,27). The lowest BCUT2D eigenvalue weighted by atomic mass is 9.94. The number of carbonyl (C=O) groups is 2. The summed E-state index contributed by atoms with van der Waals surface area (Å²) in [5.41, 5.74) is 5.66. The van der Waals surface area contributed by atoms with Crippen molar-refractivity contribution in [2.45, 2.75) is 44.0 Å². The van der Waals surface area contributed by atoms with E-state index in [0.717, 1.165) is 19.3 Å². The summed E-state index contributed by atoms with van der Waals surface area (Å²) in [5, 5.41) is 3.00. The number of hydrogen-bond acceptors (Lipinski definition) is 5. The molecule has 2 atom stereocenters. The fourth-order valence-corrected chi connectivity index (χ4v) is 6.13. The Labute approximate surface area is 178 Å². The summed E-state index contributed by atoms with van der Waals surface area (Å²) in [4.78, 5) is 25.8. The van der Waals surface area contributed by atoms with Gasteiger partial charge in [-0.3, -0.25) is 14.5 Å². The zero-order valence-electron chi connectivity index (χ0n) is 17.7. The first-order valence-corrected chi connectivity index (χ1v) is 12.0. The molecule has 1 aromatic carbocycles. The molecule has 2 heterocycles. The normalized spacial score (nSPS) is 24.5. The molecule has 0 aromatic heterocycles. The molecule has 2 saturated heterocycles. The second-order valence-corrected chi connectivity index (χ2v) is 10.7. The van der Waals surface area contributed by atoms with Crippen LogP contribution in [0.25, 0.3) is 0 Å². The highest BCUT2D eigenvalue weighted by Crippen LogP contribution is 2.26. The molecule has 1 aromatic rings. The van der Waals surface area contributed by atoms with Crippen LogP contribution < -0.4 is 11.1 Å². The van der Waals surface area contributed by atoms with E-state index in [0.29, 0.717) is 43.6 Å². The molecule has 2 aliphatic heterocycles. The SMILES string of the molecule is CC1CC(C)CN(S(=O)(=O)c2ccc(C(=O)NC3CCN(CC(N)=O)CC3)cc2)C1. The van der Waals surface area contributed by atoms with E-state index in [1.807, 2.05) is 4.90 Å². The van der Waals surface area contributed by atoms with E-state index < -0.39 is 10.0 Å². The molecular weight excluding hydrogens is 404 g/mol. The van der Waals surface area contributed by atoms with Crippen LogP contribution in [0.1, 0.15) is 43.5 Å². The van der Waals surface area contributed by atoms with E-state index in [-0.39, 0.29) is 29.3 Å². The number of primary amides is 1. The molecule has 0 radical (unpaired) electrons. The Kier molecular flexibility index (Phi) is 7.15. The first kappa shape index (κ1) is 22.7. The van der Waals surface area contributed by atoms with Crippen molar-refractivity contribution in [3.63, 3.8) is 0 Å². The number of nitrogens with zero attached hydrogens (tertiary/aromatic N) is 2. The minimum absolute atomic E-state index is 0.0290. The predicted octanol–water partition coefficient (Wildman–Crippen LogP) is 1.03. The van der Waals surface area contributed by atoms with Crippen molar-refractivity contribution in [1.29, 1.82) is 0 Å². The van der Waals surface area contributed by atoms with Crippen LogP contribution >= 0.6 is 0 Å². The van der Waals surface area contributed by atoms with Gasteiger partial charge in [-0.25, -0.2) is 8.42 Å². The van der Waals surface area contributed by atoms with E-state index >= 15 is 0 Å². The third-order valence-corrected chi connectivity index (χ3v) is 7.74. The van der Waals surface area contributed by atoms with Crippen LogP contribution in [0.15, 0.2) is 29.2 Å². The van der Waals surface area contributed by atoms with Gasteiger partial charge < -0.3 is 11.1 Å². The summed E-state index contributed by atoms with van der Waals surface area (Å²) in [5.74, 6) is 0.111. The molecule has 2 amide bonds. The molecule has 9 heteroatoms. The minimum Gasteiger partial charge on any atom is -0.369 e. The number of nitrogens with two attached hydrogens (primary N) is 1. The molecule has 166 valence electrons. The van der Waals surface area contributed by atoms with Gasteiger partial charge in [0, 0.05) is 37.8 Å². The minimum atomic E-state index is -3.56. The van der Waals surface area contributed by atoms with Crippen molar-refractivity contribution < 1.29 is 18.0 Å². The molecule has 2 aliphatic rings. The van der Waals surface area contributed by atoms with E-state index in [1.165, 1.54) is 12.1 Å². The molecule has 0 saturated carbocycles. The van der Waals surface area contributed by atoms with Crippen LogP contribution in [0.3, 0.4) is 0 Å². The molecule has 30 heavy (non-hydrogen) atoms. The second-order valence-electron chi connectivity index (χ2n) is 8.78. The number of likely N-dealkylation sites (tertiary alicyclic amines) is 1. The predicted molar refractivity (Wildman–Crippen MR) is 114 cm³/mol. The van der Waals surface area contributed by atoms with Crippen molar-refractivity contribution in [2.75, 3.05) is 32.7 Å². The summed E-state index contributed by atoms with van der Waals surface area (Å²) in [7, 11) is -3.56. The lowest BCUT2D eigenvalue weighted by Crippen LogP contribution is -2.46. The fourth-order valence-electron chi connectivity index (χ4n) is 4.45. The monoisotopic (exact) mass is 436 g/mol. The number of carbonyl (C=O) groups excluding carboxylic acids is 2. The van der Waals surface area contributed by atoms with Gasteiger partial charge in [0.25, 0.3) is 5.91 Å². The molecule has 0 aliphatic carbocycles. The van der Waals surface area contributed by atoms with Crippen molar-refractivity contribution in [3.05, 3.63) is 29.8 Å². The summed E-state index contributed by atoms with van der Waals surface area (Å²) >= 11 is 0. The first-order valence-electron chi connectivity index (χ1n) is 10.6. The highest BCUT2D eigenvalue weighted by Gasteiger charge is 2.31. The van der Waals surface area contributed by atoms with Crippen molar-refractivity contribution in [1.82, 2.24) is 14.5 Å². The van der Waals surface area contributed by atoms with Gasteiger partial charge in [-0.15, -0.1) is 0 Å². The molecule has 8 nitrogen and oxygen atoms in total. The third kappa shape index (κ3) is 5.59. The summed E-state index contributed by atoms with van der Waals surface area (Å²) in [6.45, 7) is 6.86. The summed E-state index contributed by atoms with van der Waals surface area (Å²) < 4.78 is 27.5. The average molecular weight is 437 g/mol. The van der Waals surface area contributed by atoms with E-state index in [9.17, 15) is 18.0 Å². The zero-order chi connectivity index (χ0) is 21.9. The van der Waals surface area contributed by atoms with Crippen LogP contribution in [-0.2, 0) is 14.8 Å². The van der Waals surface area contributed by atoms with Gasteiger partial charge in [0.2, 0.25) is 15.9 Å². The van der Waals surface area contributed by atoms with Gasteiger partial charge in [0.1, 0.15) is 0 Å². The summed E-state index contributed by atoms with van der Waals surface area (Å²) in [6.07, 6.45) is 2.53. The largest absolute Gasteiger partial charge is 0.369 e. The van der Waals surface area contributed by atoms with Gasteiger partial charge in [-0.05, 0) is 55.4 Å². The molecule has 3 rings (SSSR count). The van der Waals surface area contributed by atoms with E-state index in [1.54, 1.807) is 16.4 Å². The molecule has 2 unspecified atom stereocenters. The Morgan fingerprint density at radius 2 is 1.63 bits per heavy atom. The Balaban J connectivity index is 1.59. The zero-order valence-corrected chi connectivity index (χ0v) is 18.5. The number of rotatable bonds is 6. The van der Waals surface area contributed by atoms with Gasteiger partial charge in [0.05, 0.1) is 11.4 Å². The highest BCUT2D eigenvalue weighted by molar-refractivity contribution is 7.89. The second kappa shape index (κ2) is 9.45.